The van der Waals surface area contributed by atoms with E-state index < -0.39 is 23.6 Å². The predicted octanol–water partition coefficient (Wildman–Crippen LogP) is 0.0567. The fourth-order valence-electron chi connectivity index (χ4n) is 1.72. The topological polar surface area (TPSA) is 106 Å². The van der Waals surface area contributed by atoms with Crippen LogP contribution in [-0.2, 0) is 9.53 Å². The molecule has 0 spiro atoms. The zero-order valence-electron chi connectivity index (χ0n) is 11.2. The molecule has 0 saturated heterocycles. The maximum absolute atomic E-state index is 11.9. The van der Waals surface area contributed by atoms with E-state index in [2.05, 4.69) is 10.1 Å². The minimum Gasteiger partial charge on any atom is -0.467 e. The lowest BCUT2D eigenvalue weighted by atomic mass is 10.2. The van der Waals surface area contributed by atoms with Crippen molar-refractivity contribution in [1.29, 1.82) is 0 Å². The summed E-state index contributed by atoms with van der Waals surface area (Å²) in [6, 6.07) is 8.14. The number of ether oxygens (including phenoxy) is 1. The van der Waals surface area contributed by atoms with E-state index in [0.29, 0.717) is 11.0 Å². The van der Waals surface area contributed by atoms with Crippen LogP contribution in [0.3, 0.4) is 0 Å². The van der Waals surface area contributed by atoms with Crippen LogP contribution in [0.5, 0.6) is 0 Å². The highest BCUT2D eigenvalue weighted by Crippen LogP contribution is 2.12. The van der Waals surface area contributed by atoms with E-state index in [0.717, 1.165) is 7.11 Å². The van der Waals surface area contributed by atoms with Gasteiger partial charge >= 0.3 is 11.6 Å². The third-order valence-corrected chi connectivity index (χ3v) is 2.82. The van der Waals surface area contributed by atoms with Crippen molar-refractivity contribution in [2.75, 3.05) is 13.7 Å². The lowest BCUT2D eigenvalue weighted by Crippen LogP contribution is -2.38. The van der Waals surface area contributed by atoms with E-state index in [-0.39, 0.29) is 12.1 Å². The van der Waals surface area contributed by atoms with Gasteiger partial charge in [-0.3, -0.25) is 4.79 Å². The van der Waals surface area contributed by atoms with Crippen LogP contribution in [0.2, 0.25) is 0 Å². The molecule has 2 N–H and O–H groups in total. The normalized spacial score (nSPS) is 11.9. The minimum atomic E-state index is -1.49. The highest BCUT2D eigenvalue weighted by molar-refractivity contribution is 5.96. The van der Waals surface area contributed by atoms with Crippen LogP contribution < -0.4 is 10.9 Å². The van der Waals surface area contributed by atoms with Crippen LogP contribution in [0.15, 0.2) is 39.5 Å². The number of para-hydroxylation sites is 1. The molecule has 1 amide bonds. The third-order valence-electron chi connectivity index (χ3n) is 2.82. The molecule has 2 aromatic rings. The van der Waals surface area contributed by atoms with Crippen LogP contribution in [0.25, 0.3) is 11.0 Å². The number of rotatable bonds is 4. The van der Waals surface area contributed by atoms with Gasteiger partial charge in [0.2, 0.25) is 0 Å². The molecule has 0 aliphatic rings. The predicted molar refractivity (Wildman–Crippen MR) is 72.8 cm³/mol. The van der Waals surface area contributed by atoms with E-state index in [4.69, 9.17) is 4.42 Å². The molecule has 0 radical (unpaired) electrons. The van der Waals surface area contributed by atoms with E-state index in [1.54, 1.807) is 24.3 Å². The second kappa shape index (κ2) is 6.19. The Balaban J connectivity index is 2.18. The largest absolute Gasteiger partial charge is 0.467 e. The van der Waals surface area contributed by atoms with Gasteiger partial charge in [0.1, 0.15) is 11.1 Å². The molecule has 1 atom stereocenters. The minimum absolute atomic E-state index is 0.203. The number of hydrogen-bond acceptors (Lipinski definition) is 6. The third kappa shape index (κ3) is 3.26. The maximum Gasteiger partial charge on any atom is 0.349 e. The average Bonchev–Trinajstić information content (AvgIpc) is 2.50. The van der Waals surface area contributed by atoms with Gasteiger partial charge in [-0.1, -0.05) is 18.2 Å². The van der Waals surface area contributed by atoms with Gasteiger partial charge in [-0.2, -0.15) is 0 Å². The molecular weight excluding hydrogens is 278 g/mol. The molecule has 7 heteroatoms. The van der Waals surface area contributed by atoms with Crippen molar-refractivity contribution in [3.05, 3.63) is 46.3 Å². The van der Waals surface area contributed by atoms with Crippen molar-refractivity contribution in [2.45, 2.75) is 6.10 Å². The van der Waals surface area contributed by atoms with E-state index in [1.807, 2.05) is 0 Å². The number of benzene rings is 1. The molecular formula is C14H13NO6. The lowest BCUT2D eigenvalue weighted by Gasteiger charge is -2.09. The Morgan fingerprint density at radius 2 is 2.10 bits per heavy atom. The fraction of sp³-hybridized carbons (Fsp3) is 0.214. The number of fused-ring (bicyclic) bond motifs is 1. The Morgan fingerprint density at radius 3 is 2.81 bits per heavy atom. The van der Waals surface area contributed by atoms with Crippen molar-refractivity contribution >= 4 is 22.8 Å². The van der Waals surface area contributed by atoms with Crippen molar-refractivity contribution in [2.24, 2.45) is 0 Å². The smallest absolute Gasteiger partial charge is 0.349 e. The second-order valence-electron chi connectivity index (χ2n) is 4.23. The lowest BCUT2D eigenvalue weighted by molar-refractivity contribution is -0.149. The van der Waals surface area contributed by atoms with Crippen molar-refractivity contribution in [1.82, 2.24) is 5.32 Å². The molecule has 21 heavy (non-hydrogen) atoms. The highest BCUT2D eigenvalue weighted by Gasteiger charge is 2.19. The van der Waals surface area contributed by atoms with Crippen molar-refractivity contribution in [3.63, 3.8) is 0 Å². The van der Waals surface area contributed by atoms with Gasteiger partial charge in [-0.15, -0.1) is 0 Å². The summed E-state index contributed by atoms with van der Waals surface area (Å²) < 4.78 is 9.33. The van der Waals surface area contributed by atoms with Crippen LogP contribution >= 0.6 is 0 Å². The summed E-state index contributed by atoms with van der Waals surface area (Å²) in [6.07, 6.45) is -1.49. The number of amides is 1. The first-order valence-corrected chi connectivity index (χ1v) is 6.10. The highest BCUT2D eigenvalue weighted by atomic mass is 16.5. The molecule has 0 fully saturated rings. The quantitative estimate of drug-likeness (QED) is 0.609. The summed E-state index contributed by atoms with van der Waals surface area (Å²) >= 11 is 0. The first-order valence-electron chi connectivity index (χ1n) is 6.10. The first kappa shape index (κ1) is 14.7. The Labute approximate surface area is 119 Å². The van der Waals surface area contributed by atoms with Gasteiger partial charge in [-0.25, -0.2) is 9.59 Å². The molecule has 2 rings (SSSR count). The first-order chi connectivity index (χ1) is 10.0. The zero-order chi connectivity index (χ0) is 15.4. The average molecular weight is 291 g/mol. The fourth-order valence-corrected chi connectivity index (χ4v) is 1.72. The number of nitrogens with one attached hydrogen (secondary N) is 1. The molecule has 0 aliphatic carbocycles. The number of aliphatic hydroxyl groups excluding tert-OH is 1. The van der Waals surface area contributed by atoms with Gasteiger partial charge in [0, 0.05) is 5.39 Å². The number of hydrogen-bond donors (Lipinski definition) is 2. The van der Waals surface area contributed by atoms with Gasteiger partial charge in [0.15, 0.2) is 6.10 Å². The number of methoxy groups -OCH3 is 1. The number of carbonyl (C=O) groups is 2. The van der Waals surface area contributed by atoms with Gasteiger partial charge < -0.3 is 19.6 Å². The number of esters is 1. The Morgan fingerprint density at radius 1 is 1.38 bits per heavy atom. The van der Waals surface area contributed by atoms with E-state index in [9.17, 15) is 19.5 Å². The Hall–Kier alpha value is -2.67. The molecule has 1 aromatic heterocycles. The maximum atomic E-state index is 11.9. The molecule has 1 aromatic carbocycles. The second-order valence-corrected chi connectivity index (χ2v) is 4.23. The number of aliphatic hydroxyl groups is 1. The van der Waals surface area contributed by atoms with Crippen molar-refractivity contribution < 1.29 is 23.8 Å². The molecule has 1 unspecified atom stereocenters. The molecule has 0 saturated carbocycles. The summed E-state index contributed by atoms with van der Waals surface area (Å²) in [5.74, 6) is -1.61. The van der Waals surface area contributed by atoms with Crippen LogP contribution in [0.1, 0.15) is 10.4 Å². The molecule has 1 heterocycles. The van der Waals surface area contributed by atoms with Gasteiger partial charge in [-0.05, 0) is 12.1 Å². The zero-order valence-corrected chi connectivity index (χ0v) is 11.2. The summed E-state index contributed by atoms with van der Waals surface area (Å²) in [5, 5.41) is 12.2. The summed E-state index contributed by atoms with van der Waals surface area (Å²) in [4.78, 5) is 34.6. The van der Waals surface area contributed by atoms with E-state index in [1.165, 1.54) is 6.07 Å². The monoisotopic (exact) mass is 291 g/mol. The van der Waals surface area contributed by atoms with Gasteiger partial charge in [0.05, 0.1) is 13.7 Å². The molecule has 0 aliphatic heterocycles. The summed E-state index contributed by atoms with van der Waals surface area (Å²) in [5.41, 5.74) is -0.627. The summed E-state index contributed by atoms with van der Waals surface area (Å²) in [7, 11) is 1.12. The van der Waals surface area contributed by atoms with Crippen LogP contribution in [0, 0.1) is 0 Å². The van der Waals surface area contributed by atoms with Crippen LogP contribution in [-0.4, -0.2) is 36.7 Å². The Kier molecular flexibility index (Phi) is 4.34. The van der Waals surface area contributed by atoms with Crippen molar-refractivity contribution in [3.8, 4) is 0 Å². The van der Waals surface area contributed by atoms with E-state index >= 15 is 0 Å². The SMILES string of the molecule is COC(=O)C(O)CNC(=O)c1cc2ccccc2oc1=O. The standard InChI is InChI=1S/C14H13NO6/c1-20-14(19)10(16)7-15-12(17)9-6-8-4-2-3-5-11(8)21-13(9)18/h2-6,10,16H,7H2,1H3,(H,15,17). The number of carbonyl (C=O) groups excluding carboxylic acids is 2. The molecule has 7 nitrogen and oxygen atoms in total. The molecule has 110 valence electrons. The summed E-state index contributed by atoms with van der Waals surface area (Å²) in [6.45, 7) is -0.363. The Bertz CT molecular complexity index is 736. The van der Waals surface area contributed by atoms with Crippen LogP contribution in [0.4, 0.5) is 0 Å². The van der Waals surface area contributed by atoms with Gasteiger partial charge in [0.25, 0.3) is 5.91 Å². The molecule has 0 bridgehead atoms.